The van der Waals surface area contributed by atoms with Crippen molar-refractivity contribution >= 4 is 39.2 Å². The number of methoxy groups -OCH3 is 1. The van der Waals surface area contributed by atoms with E-state index in [9.17, 15) is 9.59 Å². The maximum atomic E-state index is 13.4. The van der Waals surface area contributed by atoms with Gasteiger partial charge >= 0.3 is 0 Å². The van der Waals surface area contributed by atoms with Crippen molar-refractivity contribution in [1.82, 2.24) is 14.9 Å². The second-order valence-electron chi connectivity index (χ2n) is 8.63. The smallest absolute Gasteiger partial charge is 0.263 e. The minimum Gasteiger partial charge on any atom is -0.383 e. The van der Waals surface area contributed by atoms with Gasteiger partial charge in [0.2, 0.25) is 5.91 Å². The van der Waals surface area contributed by atoms with E-state index >= 15 is 0 Å². The molecule has 170 valence electrons. The highest BCUT2D eigenvalue weighted by Crippen LogP contribution is 2.34. The Morgan fingerprint density at radius 2 is 1.90 bits per heavy atom. The molecule has 0 atom stereocenters. The molecule has 0 bridgehead atoms. The van der Waals surface area contributed by atoms with Crippen LogP contribution in [0.1, 0.15) is 68.2 Å². The van der Waals surface area contributed by atoms with E-state index in [0.29, 0.717) is 18.3 Å². The zero-order valence-electron chi connectivity index (χ0n) is 18.4. The molecule has 31 heavy (non-hydrogen) atoms. The van der Waals surface area contributed by atoms with Crippen molar-refractivity contribution in [2.45, 2.75) is 88.4 Å². The molecule has 2 aliphatic carbocycles. The summed E-state index contributed by atoms with van der Waals surface area (Å²) in [5.41, 5.74) is 1.22. The lowest BCUT2D eigenvalue weighted by molar-refractivity contribution is -0.119. The van der Waals surface area contributed by atoms with Crippen LogP contribution in [0.25, 0.3) is 10.2 Å². The SMILES string of the molecule is COCCn1c(SCC(=O)NC2CCCCCCC2)nc2sc3c(c2c1=O)CCCC3. The molecular weight excluding hydrogens is 430 g/mol. The fourth-order valence-corrected chi connectivity index (χ4v) is 6.85. The number of rotatable bonds is 7. The highest BCUT2D eigenvalue weighted by atomic mass is 32.2. The summed E-state index contributed by atoms with van der Waals surface area (Å²) in [6.07, 6.45) is 12.7. The molecule has 2 aliphatic rings. The number of carbonyl (C=O) groups is 1. The zero-order valence-corrected chi connectivity index (χ0v) is 20.0. The average Bonchev–Trinajstić information content (AvgIpc) is 3.12. The molecule has 1 N–H and O–H groups in total. The molecule has 0 spiro atoms. The normalized spacial score (nSPS) is 17.8. The first-order chi connectivity index (χ1) is 15.2. The quantitative estimate of drug-likeness (QED) is 0.489. The molecule has 0 aromatic carbocycles. The summed E-state index contributed by atoms with van der Waals surface area (Å²) < 4.78 is 6.95. The number of nitrogens with zero attached hydrogens (tertiary/aromatic N) is 2. The summed E-state index contributed by atoms with van der Waals surface area (Å²) >= 11 is 3.03. The van der Waals surface area contributed by atoms with Gasteiger partial charge in [0.1, 0.15) is 4.83 Å². The third-order valence-electron chi connectivity index (χ3n) is 6.36. The molecule has 8 heteroatoms. The van der Waals surface area contributed by atoms with Crippen LogP contribution in [0, 0.1) is 0 Å². The first-order valence-corrected chi connectivity index (χ1v) is 13.4. The van der Waals surface area contributed by atoms with E-state index in [0.717, 1.165) is 42.3 Å². The van der Waals surface area contributed by atoms with Gasteiger partial charge in [0.25, 0.3) is 5.56 Å². The Balaban J connectivity index is 1.51. The van der Waals surface area contributed by atoms with E-state index in [-0.39, 0.29) is 23.3 Å². The highest BCUT2D eigenvalue weighted by Gasteiger charge is 2.23. The minimum atomic E-state index is 0.0179. The summed E-state index contributed by atoms with van der Waals surface area (Å²) in [6.45, 7) is 0.900. The molecule has 1 fully saturated rings. The van der Waals surface area contributed by atoms with Crippen LogP contribution in [0.4, 0.5) is 0 Å². The molecule has 0 radical (unpaired) electrons. The van der Waals surface area contributed by atoms with E-state index in [2.05, 4.69) is 5.32 Å². The van der Waals surface area contributed by atoms with Crippen LogP contribution in [0.2, 0.25) is 0 Å². The standard InChI is InChI=1S/C23H33N3O3S2/c1-29-14-13-26-22(28)20-17-11-7-8-12-18(17)31-21(20)25-23(26)30-15-19(27)24-16-9-5-3-2-4-6-10-16/h16H,2-15H2,1H3,(H,24,27). The molecule has 0 unspecified atom stereocenters. The number of hydrogen-bond donors (Lipinski definition) is 1. The summed E-state index contributed by atoms with van der Waals surface area (Å²) in [5.74, 6) is 0.320. The zero-order chi connectivity index (χ0) is 21.6. The van der Waals surface area contributed by atoms with Crippen LogP contribution in [-0.4, -0.2) is 41.0 Å². The van der Waals surface area contributed by atoms with Gasteiger partial charge in [0.05, 0.1) is 24.3 Å². The largest absolute Gasteiger partial charge is 0.383 e. The molecule has 1 saturated carbocycles. The minimum absolute atomic E-state index is 0.0179. The molecular formula is C23H33N3O3S2. The first-order valence-electron chi connectivity index (χ1n) is 11.6. The molecule has 2 aromatic heterocycles. The van der Waals surface area contributed by atoms with Crippen LogP contribution >= 0.6 is 23.1 Å². The number of thioether (sulfide) groups is 1. The van der Waals surface area contributed by atoms with Crippen LogP contribution in [0.3, 0.4) is 0 Å². The molecule has 2 heterocycles. The number of nitrogens with one attached hydrogen (secondary N) is 1. The monoisotopic (exact) mass is 463 g/mol. The van der Waals surface area contributed by atoms with Crippen molar-refractivity contribution in [2.24, 2.45) is 0 Å². The van der Waals surface area contributed by atoms with Gasteiger partial charge in [0.15, 0.2) is 5.16 Å². The second kappa shape index (κ2) is 11.0. The third-order valence-corrected chi connectivity index (χ3v) is 8.52. The molecule has 0 saturated heterocycles. The first kappa shape index (κ1) is 22.8. The average molecular weight is 464 g/mol. The van der Waals surface area contributed by atoms with Gasteiger partial charge in [-0.3, -0.25) is 14.2 Å². The highest BCUT2D eigenvalue weighted by molar-refractivity contribution is 7.99. The van der Waals surface area contributed by atoms with Gasteiger partial charge in [-0.15, -0.1) is 11.3 Å². The van der Waals surface area contributed by atoms with Gasteiger partial charge in [-0.05, 0) is 44.1 Å². The second-order valence-corrected chi connectivity index (χ2v) is 10.7. The maximum absolute atomic E-state index is 13.4. The van der Waals surface area contributed by atoms with Gasteiger partial charge < -0.3 is 10.1 Å². The predicted molar refractivity (Wildman–Crippen MR) is 127 cm³/mol. The third kappa shape index (κ3) is 5.52. The summed E-state index contributed by atoms with van der Waals surface area (Å²) in [6, 6.07) is 0.281. The topological polar surface area (TPSA) is 73.2 Å². The lowest BCUT2D eigenvalue weighted by Crippen LogP contribution is -2.36. The van der Waals surface area contributed by atoms with Gasteiger partial charge in [-0.25, -0.2) is 4.98 Å². The molecule has 0 aliphatic heterocycles. The Morgan fingerprint density at radius 1 is 1.16 bits per heavy atom. The Hall–Kier alpha value is -1.38. The van der Waals surface area contributed by atoms with Crippen molar-refractivity contribution in [1.29, 1.82) is 0 Å². The van der Waals surface area contributed by atoms with E-state index in [1.54, 1.807) is 23.0 Å². The fraction of sp³-hybridized carbons (Fsp3) is 0.696. The predicted octanol–water partition coefficient (Wildman–Crippen LogP) is 4.30. The van der Waals surface area contributed by atoms with Crippen LogP contribution < -0.4 is 10.9 Å². The van der Waals surface area contributed by atoms with Crippen LogP contribution in [-0.2, 0) is 28.9 Å². The summed E-state index contributed by atoms with van der Waals surface area (Å²) in [5, 5.41) is 4.63. The van der Waals surface area contributed by atoms with Crippen molar-refractivity contribution in [3.63, 3.8) is 0 Å². The number of fused-ring (bicyclic) bond motifs is 3. The molecule has 4 rings (SSSR count). The van der Waals surface area contributed by atoms with Crippen LogP contribution in [0.5, 0.6) is 0 Å². The lowest BCUT2D eigenvalue weighted by Gasteiger charge is -2.21. The van der Waals surface area contributed by atoms with Crippen molar-refractivity contribution in [3.05, 3.63) is 20.8 Å². The Morgan fingerprint density at radius 3 is 2.68 bits per heavy atom. The fourth-order valence-electron chi connectivity index (χ4n) is 4.71. The van der Waals surface area contributed by atoms with Gasteiger partial charge in [-0.2, -0.15) is 0 Å². The van der Waals surface area contributed by atoms with Crippen LogP contribution in [0.15, 0.2) is 9.95 Å². The Bertz CT molecular complexity index is 961. The van der Waals surface area contributed by atoms with E-state index in [1.165, 1.54) is 60.7 Å². The van der Waals surface area contributed by atoms with Crippen molar-refractivity contribution in [3.8, 4) is 0 Å². The molecule has 6 nitrogen and oxygen atoms in total. The van der Waals surface area contributed by atoms with Gasteiger partial charge in [0, 0.05) is 18.0 Å². The number of amides is 1. The van der Waals surface area contributed by atoms with Crippen molar-refractivity contribution in [2.75, 3.05) is 19.5 Å². The number of thiophene rings is 1. The number of aryl methyl sites for hydroxylation is 2. The van der Waals surface area contributed by atoms with E-state index in [1.807, 2.05) is 0 Å². The molecule has 1 amide bonds. The molecule has 2 aromatic rings. The van der Waals surface area contributed by atoms with E-state index in [4.69, 9.17) is 9.72 Å². The van der Waals surface area contributed by atoms with Gasteiger partial charge in [-0.1, -0.05) is 43.9 Å². The number of ether oxygens (including phenoxy) is 1. The van der Waals surface area contributed by atoms with Crippen molar-refractivity contribution < 1.29 is 9.53 Å². The number of aromatic nitrogens is 2. The maximum Gasteiger partial charge on any atom is 0.263 e. The summed E-state index contributed by atoms with van der Waals surface area (Å²) in [4.78, 5) is 33.0. The Labute approximate surface area is 192 Å². The van der Waals surface area contributed by atoms with E-state index < -0.39 is 0 Å². The Kier molecular flexibility index (Phi) is 8.07. The number of carbonyl (C=O) groups excluding carboxylic acids is 1. The lowest BCUT2D eigenvalue weighted by atomic mass is 9.97. The summed E-state index contributed by atoms with van der Waals surface area (Å²) in [7, 11) is 1.64. The number of hydrogen-bond acceptors (Lipinski definition) is 6.